The fourth-order valence-electron chi connectivity index (χ4n) is 1.70. The Kier molecular flexibility index (Phi) is 2.68. The van der Waals surface area contributed by atoms with E-state index >= 15 is 0 Å². The van der Waals surface area contributed by atoms with Crippen molar-refractivity contribution in [1.29, 1.82) is 0 Å². The molecule has 0 radical (unpaired) electrons. The van der Waals surface area contributed by atoms with Crippen LogP contribution in [0.15, 0.2) is 18.6 Å². The molecule has 1 saturated heterocycles. The molecular formula is C9H13N3S. The van der Waals surface area contributed by atoms with Gasteiger partial charge in [0.05, 0.1) is 5.37 Å². The van der Waals surface area contributed by atoms with E-state index in [2.05, 4.69) is 21.1 Å². The van der Waals surface area contributed by atoms with Crippen molar-refractivity contribution in [3.63, 3.8) is 0 Å². The van der Waals surface area contributed by atoms with Crippen LogP contribution >= 0.6 is 11.8 Å². The van der Waals surface area contributed by atoms with Gasteiger partial charge in [0.15, 0.2) is 0 Å². The molecule has 1 unspecified atom stereocenters. The maximum absolute atomic E-state index is 4.26. The Morgan fingerprint density at radius 2 is 2.54 bits per heavy atom. The van der Waals surface area contributed by atoms with E-state index in [1.165, 1.54) is 12.8 Å². The van der Waals surface area contributed by atoms with Crippen LogP contribution in [0.1, 0.15) is 12.8 Å². The maximum Gasteiger partial charge on any atom is 0.132 e. The largest absolute Gasteiger partial charge is 0.345 e. The monoisotopic (exact) mass is 195 g/mol. The number of aromatic nitrogens is 2. The smallest absolute Gasteiger partial charge is 0.132 e. The number of thioether (sulfide) groups is 1. The first-order valence-electron chi connectivity index (χ1n) is 4.47. The molecule has 13 heavy (non-hydrogen) atoms. The van der Waals surface area contributed by atoms with Crippen molar-refractivity contribution >= 4 is 17.6 Å². The van der Waals surface area contributed by atoms with Gasteiger partial charge in [-0.15, -0.1) is 11.8 Å². The molecule has 2 heterocycles. The Balaban J connectivity index is 2.16. The second-order valence-corrected chi connectivity index (χ2v) is 4.11. The standard InChI is InChI=1S/C9H13N3S/c1-13-9-3-2-6-12(9)8-4-5-10-7-11-8/h4-5,7,9H,2-3,6H2,1H3. The lowest BCUT2D eigenvalue weighted by Gasteiger charge is -2.23. The van der Waals surface area contributed by atoms with Crippen LogP contribution in [0.25, 0.3) is 0 Å². The van der Waals surface area contributed by atoms with Gasteiger partial charge in [0.25, 0.3) is 0 Å². The van der Waals surface area contributed by atoms with Gasteiger partial charge in [-0.2, -0.15) is 0 Å². The lowest BCUT2D eigenvalue weighted by molar-refractivity contribution is 0.877. The minimum Gasteiger partial charge on any atom is -0.345 e. The Morgan fingerprint density at radius 1 is 1.62 bits per heavy atom. The van der Waals surface area contributed by atoms with E-state index in [9.17, 15) is 0 Å². The van der Waals surface area contributed by atoms with Crippen LogP contribution in [0, 0.1) is 0 Å². The van der Waals surface area contributed by atoms with Gasteiger partial charge in [-0.25, -0.2) is 9.97 Å². The summed E-state index contributed by atoms with van der Waals surface area (Å²) in [5.74, 6) is 1.06. The van der Waals surface area contributed by atoms with Crippen LogP contribution in [0.2, 0.25) is 0 Å². The predicted molar refractivity (Wildman–Crippen MR) is 55.9 cm³/mol. The zero-order valence-corrected chi connectivity index (χ0v) is 8.50. The highest BCUT2D eigenvalue weighted by atomic mass is 32.2. The molecule has 0 aliphatic carbocycles. The second-order valence-electron chi connectivity index (χ2n) is 3.09. The van der Waals surface area contributed by atoms with E-state index in [4.69, 9.17) is 0 Å². The van der Waals surface area contributed by atoms with Gasteiger partial charge < -0.3 is 4.90 Å². The van der Waals surface area contributed by atoms with Gasteiger partial charge in [0.2, 0.25) is 0 Å². The number of hydrogen-bond donors (Lipinski definition) is 0. The molecule has 0 spiro atoms. The maximum atomic E-state index is 4.26. The molecule has 1 fully saturated rings. The number of rotatable bonds is 2. The lowest BCUT2D eigenvalue weighted by atomic mass is 10.4. The Hall–Kier alpha value is -0.770. The van der Waals surface area contributed by atoms with E-state index in [-0.39, 0.29) is 0 Å². The van der Waals surface area contributed by atoms with E-state index < -0.39 is 0 Å². The number of hydrogen-bond acceptors (Lipinski definition) is 4. The minimum absolute atomic E-state index is 0.606. The van der Waals surface area contributed by atoms with Crippen LogP contribution in [0.3, 0.4) is 0 Å². The van der Waals surface area contributed by atoms with E-state index in [1.807, 2.05) is 17.8 Å². The Labute approximate surface area is 82.6 Å². The van der Waals surface area contributed by atoms with Gasteiger partial charge in [-0.3, -0.25) is 0 Å². The number of anilines is 1. The zero-order chi connectivity index (χ0) is 9.10. The van der Waals surface area contributed by atoms with Crippen LogP contribution in [-0.2, 0) is 0 Å². The van der Waals surface area contributed by atoms with E-state index in [1.54, 1.807) is 12.5 Å². The topological polar surface area (TPSA) is 29.0 Å². The summed E-state index contributed by atoms with van der Waals surface area (Å²) < 4.78 is 0. The summed E-state index contributed by atoms with van der Waals surface area (Å²) in [6.45, 7) is 1.13. The molecule has 0 N–H and O–H groups in total. The van der Waals surface area contributed by atoms with Crippen molar-refractivity contribution < 1.29 is 0 Å². The minimum atomic E-state index is 0.606. The fraction of sp³-hybridized carbons (Fsp3) is 0.556. The summed E-state index contributed by atoms with van der Waals surface area (Å²) in [6, 6.07) is 1.98. The highest BCUT2D eigenvalue weighted by Crippen LogP contribution is 2.28. The molecule has 1 aliphatic rings. The van der Waals surface area contributed by atoms with Crippen LogP contribution in [0.5, 0.6) is 0 Å². The molecule has 70 valence electrons. The first-order valence-corrected chi connectivity index (χ1v) is 5.76. The third kappa shape index (κ3) is 1.77. The fourth-order valence-corrected chi connectivity index (χ4v) is 2.57. The number of nitrogens with zero attached hydrogens (tertiary/aromatic N) is 3. The molecule has 1 aliphatic heterocycles. The summed E-state index contributed by atoms with van der Waals surface area (Å²) in [5, 5.41) is 0.606. The molecule has 0 aromatic carbocycles. The van der Waals surface area contributed by atoms with Crippen LogP contribution in [-0.4, -0.2) is 28.1 Å². The van der Waals surface area contributed by atoms with E-state index in [0.717, 1.165) is 12.4 Å². The molecule has 1 aromatic rings. The molecule has 2 rings (SSSR count). The Bertz CT molecular complexity index is 265. The van der Waals surface area contributed by atoms with Gasteiger partial charge >= 0.3 is 0 Å². The predicted octanol–water partition coefficient (Wildman–Crippen LogP) is 1.77. The van der Waals surface area contributed by atoms with Crippen molar-refractivity contribution in [2.45, 2.75) is 18.2 Å². The molecule has 1 atom stereocenters. The highest BCUT2D eigenvalue weighted by molar-refractivity contribution is 7.99. The van der Waals surface area contributed by atoms with Gasteiger partial charge in [-0.05, 0) is 25.2 Å². The molecular weight excluding hydrogens is 182 g/mol. The molecule has 0 amide bonds. The summed E-state index contributed by atoms with van der Waals surface area (Å²) >= 11 is 1.90. The third-order valence-corrected chi connectivity index (χ3v) is 3.36. The summed E-state index contributed by atoms with van der Waals surface area (Å²) in [6.07, 6.45) is 8.12. The summed E-state index contributed by atoms with van der Waals surface area (Å²) in [4.78, 5) is 10.5. The second kappa shape index (κ2) is 3.96. The molecule has 0 bridgehead atoms. The first-order chi connectivity index (χ1) is 6.42. The Morgan fingerprint density at radius 3 is 3.23 bits per heavy atom. The van der Waals surface area contributed by atoms with Crippen molar-refractivity contribution in [2.75, 3.05) is 17.7 Å². The van der Waals surface area contributed by atoms with Crippen LogP contribution < -0.4 is 4.90 Å². The molecule has 4 heteroatoms. The quantitative estimate of drug-likeness (QED) is 0.719. The molecule has 1 aromatic heterocycles. The van der Waals surface area contributed by atoms with Crippen molar-refractivity contribution in [3.05, 3.63) is 18.6 Å². The average Bonchev–Trinajstić information content (AvgIpc) is 2.67. The summed E-state index contributed by atoms with van der Waals surface area (Å²) in [5.41, 5.74) is 0. The van der Waals surface area contributed by atoms with E-state index in [0.29, 0.717) is 5.37 Å². The van der Waals surface area contributed by atoms with Gasteiger partial charge in [0, 0.05) is 12.7 Å². The molecule has 0 saturated carbocycles. The molecule has 3 nitrogen and oxygen atoms in total. The first kappa shape index (κ1) is 8.81. The van der Waals surface area contributed by atoms with Crippen LogP contribution in [0.4, 0.5) is 5.82 Å². The van der Waals surface area contributed by atoms with Gasteiger partial charge in [-0.1, -0.05) is 0 Å². The van der Waals surface area contributed by atoms with Gasteiger partial charge in [0.1, 0.15) is 12.1 Å². The highest BCUT2D eigenvalue weighted by Gasteiger charge is 2.24. The lowest BCUT2D eigenvalue weighted by Crippen LogP contribution is -2.26. The average molecular weight is 195 g/mol. The summed E-state index contributed by atoms with van der Waals surface area (Å²) in [7, 11) is 0. The normalized spacial score (nSPS) is 22.2. The zero-order valence-electron chi connectivity index (χ0n) is 7.68. The SMILES string of the molecule is CSC1CCCN1c1ccncn1. The van der Waals surface area contributed by atoms with Crippen molar-refractivity contribution in [3.8, 4) is 0 Å². The third-order valence-electron chi connectivity index (χ3n) is 2.33. The van der Waals surface area contributed by atoms with Crippen molar-refractivity contribution in [2.24, 2.45) is 0 Å². The van der Waals surface area contributed by atoms with Crippen molar-refractivity contribution in [1.82, 2.24) is 9.97 Å².